The lowest BCUT2D eigenvalue weighted by atomic mass is 9.97. The van der Waals surface area contributed by atoms with Crippen molar-refractivity contribution in [3.05, 3.63) is 35.4 Å². The summed E-state index contributed by atoms with van der Waals surface area (Å²) in [7, 11) is 0. The third-order valence-electron chi connectivity index (χ3n) is 4.47. The fourth-order valence-corrected chi connectivity index (χ4v) is 2.89. The van der Waals surface area contributed by atoms with Crippen molar-refractivity contribution in [3.8, 4) is 0 Å². The Labute approximate surface area is 127 Å². The summed E-state index contributed by atoms with van der Waals surface area (Å²) in [6, 6.07) is 8.24. The first-order chi connectivity index (χ1) is 9.93. The molecule has 1 aliphatic heterocycles. The van der Waals surface area contributed by atoms with E-state index in [1.54, 1.807) is 0 Å². The molecule has 0 saturated carbocycles. The maximum atomic E-state index is 12.7. The van der Waals surface area contributed by atoms with Gasteiger partial charge in [-0.1, -0.05) is 24.3 Å². The van der Waals surface area contributed by atoms with Gasteiger partial charge in [-0.05, 0) is 38.8 Å². The molecular formula is C17H27N3O. The second-order valence-electron chi connectivity index (χ2n) is 6.35. The van der Waals surface area contributed by atoms with Gasteiger partial charge in [-0.2, -0.15) is 0 Å². The molecule has 2 N–H and O–H groups in total. The molecule has 0 aliphatic carbocycles. The average molecular weight is 289 g/mol. The molecule has 0 unspecified atom stereocenters. The molecule has 2 rings (SSSR count). The molecule has 1 fully saturated rings. The lowest BCUT2D eigenvalue weighted by Crippen LogP contribution is -2.60. The highest BCUT2D eigenvalue weighted by molar-refractivity contribution is 5.85. The topological polar surface area (TPSA) is 44.4 Å². The van der Waals surface area contributed by atoms with Crippen molar-refractivity contribution in [2.75, 3.05) is 26.2 Å². The number of hydrogen-bond acceptors (Lipinski definition) is 3. The third kappa shape index (κ3) is 3.63. The predicted octanol–water partition coefficient (Wildman–Crippen LogP) is 1.86. The zero-order valence-corrected chi connectivity index (χ0v) is 13.6. The summed E-state index contributed by atoms with van der Waals surface area (Å²) in [6.07, 6.45) is 0. The molecule has 0 spiro atoms. The Bertz CT molecular complexity index is 493. The van der Waals surface area contributed by atoms with Crippen LogP contribution in [0.4, 0.5) is 0 Å². The van der Waals surface area contributed by atoms with Gasteiger partial charge in [0.1, 0.15) is 0 Å². The van der Waals surface area contributed by atoms with Crippen molar-refractivity contribution in [2.45, 2.75) is 39.3 Å². The van der Waals surface area contributed by atoms with Crippen LogP contribution in [0, 0.1) is 6.92 Å². The van der Waals surface area contributed by atoms with Crippen LogP contribution in [0.15, 0.2) is 24.3 Å². The first-order valence-corrected chi connectivity index (χ1v) is 7.75. The van der Waals surface area contributed by atoms with Crippen LogP contribution in [0.5, 0.6) is 0 Å². The number of aryl methyl sites for hydroxylation is 1. The molecule has 1 aromatic rings. The van der Waals surface area contributed by atoms with Crippen LogP contribution in [-0.4, -0.2) is 42.5 Å². The summed E-state index contributed by atoms with van der Waals surface area (Å²) in [5.74, 6) is 0.0974. The number of nitrogens with one attached hydrogen (secondary N) is 2. The molecule has 4 heteroatoms. The van der Waals surface area contributed by atoms with Crippen molar-refractivity contribution >= 4 is 5.91 Å². The van der Waals surface area contributed by atoms with E-state index in [0.29, 0.717) is 0 Å². The number of carbonyl (C=O) groups excluding carboxylic acids is 1. The zero-order chi connectivity index (χ0) is 15.5. The van der Waals surface area contributed by atoms with Crippen molar-refractivity contribution < 1.29 is 4.79 Å². The van der Waals surface area contributed by atoms with Crippen LogP contribution < -0.4 is 10.6 Å². The number of carbonyl (C=O) groups is 1. The molecule has 0 aromatic heterocycles. The Balaban J connectivity index is 2.04. The highest BCUT2D eigenvalue weighted by atomic mass is 16.2. The van der Waals surface area contributed by atoms with Crippen molar-refractivity contribution in [1.29, 1.82) is 0 Å². The van der Waals surface area contributed by atoms with E-state index in [0.717, 1.165) is 26.2 Å². The van der Waals surface area contributed by atoms with Crippen molar-refractivity contribution in [1.82, 2.24) is 15.5 Å². The minimum atomic E-state index is -0.473. The quantitative estimate of drug-likeness (QED) is 0.889. The monoisotopic (exact) mass is 289 g/mol. The van der Waals surface area contributed by atoms with E-state index in [2.05, 4.69) is 34.6 Å². The van der Waals surface area contributed by atoms with Gasteiger partial charge in [-0.15, -0.1) is 0 Å². The molecule has 1 aromatic carbocycles. The molecule has 1 aliphatic rings. The Kier molecular flexibility index (Phi) is 5.01. The van der Waals surface area contributed by atoms with Crippen molar-refractivity contribution in [2.24, 2.45) is 0 Å². The van der Waals surface area contributed by atoms with E-state index < -0.39 is 5.54 Å². The highest BCUT2D eigenvalue weighted by Gasteiger charge is 2.35. The van der Waals surface area contributed by atoms with Gasteiger partial charge in [0, 0.05) is 26.2 Å². The van der Waals surface area contributed by atoms with E-state index in [1.165, 1.54) is 11.1 Å². The number of rotatable bonds is 4. The summed E-state index contributed by atoms with van der Waals surface area (Å²) in [6.45, 7) is 11.9. The largest absolute Gasteiger partial charge is 0.348 e. The minimum Gasteiger partial charge on any atom is -0.348 e. The summed E-state index contributed by atoms with van der Waals surface area (Å²) >= 11 is 0. The van der Waals surface area contributed by atoms with Gasteiger partial charge < -0.3 is 10.6 Å². The van der Waals surface area contributed by atoms with Gasteiger partial charge in [0.25, 0.3) is 0 Å². The van der Waals surface area contributed by atoms with E-state index in [1.807, 2.05) is 32.9 Å². The molecule has 1 atom stereocenters. The van der Waals surface area contributed by atoms with Gasteiger partial charge in [-0.3, -0.25) is 9.69 Å². The summed E-state index contributed by atoms with van der Waals surface area (Å²) in [5.41, 5.74) is 1.92. The van der Waals surface area contributed by atoms with Gasteiger partial charge >= 0.3 is 0 Å². The van der Waals surface area contributed by atoms with E-state index >= 15 is 0 Å². The first-order valence-electron chi connectivity index (χ1n) is 7.75. The van der Waals surface area contributed by atoms with E-state index in [4.69, 9.17) is 0 Å². The smallest absolute Gasteiger partial charge is 0.240 e. The third-order valence-corrected chi connectivity index (χ3v) is 4.47. The summed E-state index contributed by atoms with van der Waals surface area (Å²) in [5, 5.41) is 6.50. The maximum Gasteiger partial charge on any atom is 0.240 e. The van der Waals surface area contributed by atoms with Gasteiger partial charge in [-0.25, -0.2) is 0 Å². The summed E-state index contributed by atoms with van der Waals surface area (Å²) in [4.78, 5) is 14.9. The number of piperazine rings is 1. The van der Waals surface area contributed by atoms with Crippen LogP contribution in [0.1, 0.15) is 37.9 Å². The number of hydrogen-bond donors (Lipinski definition) is 2. The molecule has 1 amide bonds. The van der Waals surface area contributed by atoms with Crippen LogP contribution in [-0.2, 0) is 4.79 Å². The van der Waals surface area contributed by atoms with Crippen molar-refractivity contribution in [3.63, 3.8) is 0 Å². The highest BCUT2D eigenvalue weighted by Crippen LogP contribution is 2.20. The normalized spacial score (nSPS) is 18.3. The Morgan fingerprint density at radius 2 is 1.90 bits per heavy atom. The fourth-order valence-electron chi connectivity index (χ4n) is 2.89. The van der Waals surface area contributed by atoms with Crippen LogP contribution >= 0.6 is 0 Å². The number of amides is 1. The number of benzene rings is 1. The summed E-state index contributed by atoms with van der Waals surface area (Å²) < 4.78 is 0. The van der Waals surface area contributed by atoms with Gasteiger partial charge in [0.05, 0.1) is 11.6 Å². The average Bonchev–Trinajstić information content (AvgIpc) is 2.48. The maximum absolute atomic E-state index is 12.7. The molecule has 0 radical (unpaired) electrons. The second kappa shape index (κ2) is 6.58. The standard InChI is InChI=1S/C17H27N3O/c1-13-7-5-6-8-15(13)14(2)19-16(21)17(3,4)20-11-9-18-10-12-20/h5-8,14,18H,9-12H2,1-4H3,(H,19,21)/t14-/m0/s1. The molecule has 21 heavy (non-hydrogen) atoms. The molecule has 116 valence electrons. The van der Waals surface area contributed by atoms with E-state index in [-0.39, 0.29) is 11.9 Å². The molecule has 4 nitrogen and oxygen atoms in total. The molecule has 1 heterocycles. The first kappa shape index (κ1) is 16.0. The SMILES string of the molecule is Cc1ccccc1[C@H](C)NC(=O)C(C)(C)N1CCNCC1. The molecule has 1 saturated heterocycles. The second-order valence-corrected chi connectivity index (χ2v) is 6.35. The number of nitrogens with zero attached hydrogens (tertiary/aromatic N) is 1. The molecular weight excluding hydrogens is 262 g/mol. The van der Waals surface area contributed by atoms with Gasteiger partial charge in [0.15, 0.2) is 0 Å². The van der Waals surface area contributed by atoms with Crippen LogP contribution in [0.3, 0.4) is 0 Å². The Hall–Kier alpha value is -1.39. The molecule has 0 bridgehead atoms. The minimum absolute atomic E-state index is 0.0286. The Morgan fingerprint density at radius 1 is 1.29 bits per heavy atom. The lowest BCUT2D eigenvalue weighted by molar-refractivity contribution is -0.132. The van der Waals surface area contributed by atoms with Crippen LogP contribution in [0.25, 0.3) is 0 Å². The lowest BCUT2D eigenvalue weighted by Gasteiger charge is -2.40. The van der Waals surface area contributed by atoms with Crippen LogP contribution in [0.2, 0.25) is 0 Å². The fraction of sp³-hybridized carbons (Fsp3) is 0.588. The predicted molar refractivity (Wildman–Crippen MR) is 86.3 cm³/mol. The zero-order valence-electron chi connectivity index (χ0n) is 13.6. The Morgan fingerprint density at radius 3 is 2.52 bits per heavy atom. The van der Waals surface area contributed by atoms with E-state index in [9.17, 15) is 4.79 Å². The van der Waals surface area contributed by atoms with Gasteiger partial charge in [0.2, 0.25) is 5.91 Å².